The summed E-state index contributed by atoms with van der Waals surface area (Å²) in [7, 11) is 1.82. The van der Waals surface area contributed by atoms with E-state index in [1.807, 2.05) is 19.2 Å². The quantitative estimate of drug-likeness (QED) is 0.766. The highest BCUT2D eigenvalue weighted by molar-refractivity contribution is 5.94. The molecule has 0 atom stereocenters. The summed E-state index contributed by atoms with van der Waals surface area (Å²) in [6.45, 7) is 3.50. The van der Waals surface area contributed by atoms with E-state index >= 15 is 0 Å². The fraction of sp³-hybridized carbons (Fsp3) is 0.500. The Balaban J connectivity index is 1.42. The van der Waals surface area contributed by atoms with Crippen LogP contribution in [0.15, 0.2) is 30.6 Å². The van der Waals surface area contributed by atoms with Crippen LogP contribution in [0.2, 0.25) is 0 Å². The summed E-state index contributed by atoms with van der Waals surface area (Å²) in [4.78, 5) is 18.7. The second kappa shape index (κ2) is 8.22. The Kier molecular flexibility index (Phi) is 5.78. The molecule has 7 heteroatoms. The van der Waals surface area contributed by atoms with Crippen molar-refractivity contribution < 1.29 is 9.90 Å². The van der Waals surface area contributed by atoms with Crippen LogP contribution in [0.3, 0.4) is 0 Å². The van der Waals surface area contributed by atoms with E-state index in [0.29, 0.717) is 17.9 Å². The monoisotopic (exact) mass is 343 g/mol. The van der Waals surface area contributed by atoms with Gasteiger partial charge < -0.3 is 15.3 Å². The van der Waals surface area contributed by atoms with Gasteiger partial charge in [0.25, 0.3) is 5.91 Å². The molecule has 0 saturated carbocycles. The highest BCUT2D eigenvalue weighted by Crippen LogP contribution is 2.15. The number of rotatable bonds is 6. The highest BCUT2D eigenvalue weighted by Gasteiger charge is 2.16. The Morgan fingerprint density at radius 1 is 1.28 bits per heavy atom. The summed E-state index contributed by atoms with van der Waals surface area (Å²) in [5.74, 6) is 0.593. The molecule has 0 spiro atoms. The second-order valence-electron chi connectivity index (χ2n) is 6.50. The van der Waals surface area contributed by atoms with E-state index in [1.54, 1.807) is 23.1 Å². The van der Waals surface area contributed by atoms with Gasteiger partial charge in [0.1, 0.15) is 6.33 Å². The number of aliphatic hydroxyl groups is 1. The normalized spacial score (nSPS) is 16.1. The number of hydrogen-bond acceptors (Lipinski definition) is 5. The van der Waals surface area contributed by atoms with Crippen LogP contribution >= 0.6 is 0 Å². The standard InChI is InChI=1S/C18H25N5O2/c1-22-13-20-17(21-22)14-3-5-15(6-4-14)18(25)19-9-2-10-23-11-7-16(24)8-12-23/h3-6,13,16,24H,2,7-12H2,1H3,(H,19,25). The van der Waals surface area contributed by atoms with Gasteiger partial charge in [-0.05, 0) is 37.9 Å². The van der Waals surface area contributed by atoms with E-state index in [2.05, 4.69) is 20.3 Å². The first-order valence-corrected chi connectivity index (χ1v) is 8.76. The first-order valence-electron chi connectivity index (χ1n) is 8.76. The van der Waals surface area contributed by atoms with E-state index in [1.165, 1.54) is 0 Å². The molecule has 2 aromatic rings. The lowest BCUT2D eigenvalue weighted by molar-refractivity contribution is 0.0816. The van der Waals surface area contributed by atoms with Crippen molar-refractivity contribution in [3.63, 3.8) is 0 Å². The van der Waals surface area contributed by atoms with Crippen molar-refractivity contribution in [3.05, 3.63) is 36.2 Å². The maximum Gasteiger partial charge on any atom is 0.251 e. The first kappa shape index (κ1) is 17.6. The SMILES string of the molecule is Cn1cnc(-c2ccc(C(=O)NCCCN3CCC(O)CC3)cc2)n1. The Bertz CT molecular complexity index is 690. The Morgan fingerprint density at radius 3 is 2.64 bits per heavy atom. The number of likely N-dealkylation sites (tertiary alicyclic amines) is 1. The summed E-state index contributed by atoms with van der Waals surface area (Å²) in [5, 5.41) is 16.7. The van der Waals surface area contributed by atoms with Crippen molar-refractivity contribution in [3.8, 4) is 11.4 Å². The van der Waals surface area contributed by atoms with Gasteiger partial charge in [-0.3, -0.25) is 9.48 Å². The molecule has 134 valence electrons. The van der Waals surface area contributed by atoms with Crippen LogP contribution in [-0.4, -0.2) is 63.0 Å². The minimum absolute atomic E-state index is 0.0606. The number of carbonyl (C=O) groups is 1. The molecule has 3 rings (SSSR count). The molecule has 0 unspecified atom stereocenters. The maximum atomic E-state index is 12.2. The molecule has 0 aliphatic carbocycles. The van der Waals surface area contributed by atoms with E-state index in [4.69, 9.17) is 0 Å². The highest BCUT2D eigenvalue weighted by atomic mass is 16.3. The molecule has 25 heavy (non-hydrogen) atoms. The zero-order valence-corrected chi connectivity index (χ0v) is 14.6. The average Bonchev–Trinajstić information content (AvgIpc) is 3.06. The zero-order valence-electron chi connectivity index (χ0n) is 14.6. The van der Waals surface area contributed by atoms with Crippen molar-refractivity contribution in [1.29, 1.82) is 0 Å². The first-order chi connectivity index (χ1) is 12.1. The van der Waals surface area contributed by atoms with E-state index in [0.717, 1.165) is 44.5 Å². The molecule has 1 saturated heterocycles. The van der Waals surface area contributed by atoms with Crippen molar-refractivity contribution >= 4 is 5.91 Å². The lowest BCUT2D eigenvalue weighted by Gasteiger charge is -2.29. The van der Waals surface area contributed by atoms with Crippen LogP contribution in [0.5, 0.6) is 0 Å². The number of benzene rings is 1. The number of aromatic nitrogens is 3. The molecule has 1 amide bonds. The minimum atomic E-state index is -0.139. The Labute approximate surface area is 147 Å². The van der Waals surface area contributed by atoms with Crippen molar-refractivity contribution in [2.24, 2.45) is 7.05 Å². The van der Waals surface area contributed by atoms with Crippen LogP contribution in [-0.2, 0) is 7.05 Å². The van der Waals surface area contributed by atoms with Gasteiger partial charge in [0, 0.05) is 37.8 Å². The Morgan fingerprint density at radius 2 is 2.00 bits per heavy atom. The number of nitrogens with one attached hydrogen (secondary N) is 1. The molecule has 1 aliphatic rings. The maximum absolute atomic E-state index is 12.2. The number of carbonyl (C=O) groups excluding carboxylic acids is 1. The molecular formula is C18H25N5O2. The molecule has 7 nitrogen and oxygen atoms in total. The summed E-state index contributed by atoms with van der Waals surface area (Å²) < 4.78 is 1.65. The van der Waals surface area contributed by atoms with Gasteiger partial charge in [0.2, 0.25) is 0 Å². The van der Waals surface area contributed by atoms with Crippen molar-refractivity contribution in [2.75, 3.05) is 26.2 Å². The van der Waals surface area contributed by atoms with Gasteiger partial charge in [-0.1, -0.05) is 12.1 Å². The third-order valence-corrected chi connectivity index (χ3v) is 4.50. The lowest BCUT2D eigenvalue weighted by atomic mass is 10.1. The van der Waals surface area contributed by atoms with Gasteiger partial charge in [-0.2, -0.15) is 5.10 Å². The van der Waals surface area contributed by atoms with E-state index in [-0.39, 0.29) is 12.0 Å². The van der Waals surface area contributed by atoms with Gasteiger partial charge in [0.05, 0.1) is 6.10 Å². The fourth-order valence-corrected chi connectivity index (χ4v) is 2.99. The topological polar surface area (TPSA) is 83.3 Å². The van der Waals surface area contributed by atoms with Crippen molar-refractivity contribution in [1.82, 2.24) is 25.0 Å². The third kappa shape index (κ3) is 4.87. The van der Waals surface area contributed by atoms with E-state index in [9.17, 15) is 9.90 Å². The largest absolute Gasteiger partial charge is 0.393 e. The summed E-state index contributed by atoms with van der Waals surface area (Å²) in [6.07, 6.45) is 4.13. The average molecular weight is 343 g/mol. The van der Waals surface area contributed by atoms with Gasteiger partial charge in [-0.15, -0.1) is 0 Å². The molecule has 2 heterocycles. The molecule has 0 radical (unpaired) electrons. The summed E-state index contributed by atoms with van der Waals surface area (Å²) >= 11 is 0. The number of piperidine rings is 1. The summed E-state index contributed by atoms with van der Waals surface area (Å²) in [5.41, 5.74) is 1.53. The molecule has 0 bridgehead atoms. The second-order valence-corrected chi connectivity index (χ2v) is 6.50. The number of hydrogen-bond donors (Lipinski definition) is 2. The molecule has 1 aliphatic heterocycles. The van der Waals surface area contributed by atoms with Gasteiger partial charge in [-0.25, -0.2) is 4.98 Å². The van der Waals surface area contributed by atoms with Crippen LogP contribution in [0.4, 0.5) is 0 Å². The molecule has 1 aromatic carbocycles. The Hall–Kier alpha value is -2.25. The van der Waals surface area contributed by atoms with Crippen LogP contribution < -0.4 is 5.32 Å². The van der Waals surface area contributed by atoms with E-state index < -0.39 is 0 Å². The molecule has 1 aromatic heterocycles. The third-order valence-electron chi connectivity index (χ3n) is 4.50. The van der Waals surface area contributed by atoms with Crippen LogP contribution in [0, 0.1) is 0 Å². The number of amides is 1. The fourth-order valence-electron chi connectivity index (χ4n) is 2.99. The smallest absolute Gasteiger partial charge is 0.251 e. The lowest BCUT2D eigenvalue weighted by Crippen LogP contribution is -2.37. The molecule has 2 N–H and O–H groups in total. The summed E-state index contributed by atoms with van der Waals surface area (Å²) in [6, 6.07) is 7.33. The number of aryl methyl sites for hydroxylation is 1. The number of nitrogens with zero attached hydrogens (tertiary/aromatic N) is 4. The minimum Gasteiger partial charge on any atom is -0.393 e. The van der Waals surface area contributed by atoms with Gasteiger partial charge in [0.15, 0.2) is 5.82 Å². The van der Waals surface area contributed by atoms with Gasteiger partial charge >= 0.3 is 0 Å². The number of aliphatic hydroxyl groups excluding tert-OH is 1. The van der Waals surface area contributed by atoms with Crippen LogP contribution in [0.25, 0.3) is 11.4 Å². The predicted molar refractivity (Wildman–Crippen MR) is 95.1 cm³/mol. The predicted octanol–water partition coefficient (Wildman–Crippen LogP) is 1.06. The van der Waals surface area contributed by atoms with Crippen molar-refractivity contribution in [2.45, 2.75) is 25.4 Å². The molecular weight excluding hydrogens is 318 g/mol. The zero-order chi connectivity index (χ0) is 17.6. The van der Waals surface area contributed by atoms with Crippen LogP contribution in [0.1, 0.15) is 29.6 Å². The molecule has 1 fully saturated rings.